The van der Waals surface area contributed by atoms with E-state index in [1.807, 2.05) is 7.05 Å². The van der Waals surface area contributed by atoms with Gasteiger partial charge in [-0.25, -0.2) is 0 Å². The zero-order valence-corrected chi connectivity index (χ0v) is 11.6. The Bertz CT molecular complexity index is 448. The number of rotatable bonds is 3. The van der Waals surface area contributed by atoms with Crippen molar-refractivity contribution in [1.29, 1.82) is 0 Å². The Morgan fingerprint density at radius 3 is 3.21 bits per heavy atom. The van der Waals surface area contributed by atoms with Gasteiger partial charge in [0.1, 0.15) is 0 Å². The van der Waals surface area contributed by atoms with Crippen LogP contribution in [-0.4, -0.2) is 53.6 Å². The molecule has 0 radical (unpaired) electrons. The van der Waals surface area contributed by atoms with Crippen LogP contribution in [0, 0.1) is 0 Å². The van der Waals surface area contributed by atoms with E-state index in [1.54, 1.807) is 18.0 Å². The molecule has 0 bridgehead atoms. The predicted molar refractivity (Wildman–Crippen MR) is 71.0 cm³/mol. The predicted octanol–water partition coefficient (Wildman–Crippen LogP) is 0.292. The summed E-state index contributed by atoms with van der Waals surface area (Å²) < 4.78 is 13.1. The molecular formula is C13H22N4O2. The molecule has 2 aliphatic heterocycles. The minimum Gasteiger partial charge on any atom is -0.493 e. The number of nitrogens with two attached hydrogens (primary N) is 1. The molecule has 3 heterocycles. The van der Waals surface area contributed by atoms with Gasteiger partial charge in [-0.1, -0.05) is 0 Å². The normalized spacial score (nSPS) is 29.2. The first kappa shape index (κ1) is 12.9. The average Bonchev–Trinajstić information content (AvgIpc) is 3.02. The summed E-state index contributed by atoms with van der Waals surface area (Å²) in [5.74, 6) is 0.738. The van der Waals surface area contributed by atoms with Crippen molar-refractivity contribution in [2.45, 2.75) is 31.0 Å². The second-order valence-corrected chi connectivity index (χ2v) is 5.41. The summed E-state index contributed by atoms with van der Waals surface area (Å²) in [6.07, 6.45) is 4.23. The van der Waals surface area contributed by atoms with Crippen molar-refractivity contribution in [1.82, 2.24) is 14.7 Å². The first-order valence-electron chi connectivity index (χ1n) is 6.88. The lowest BCUT2D eigenvalue weighted by Crippen LogP contribution is -2.50. The molecule has 6 heteroatoms. The van der Waals surface area contributed by atoms with Crippen molar-refractivity contribution in [3.8, 4) is 5.75 Å². The lowest BCUT2D eigenvalue weighted by Gasteiger charge is -2.37. The fourth-order valence-corrected chi connectivity index (χ4v) is 3.20. The van der Waals surface area contributed by atoms with Gasteiger partial charge in [-0.05, 0) is 19.4 Å². The van der Waals surface area contributed by atoms with Crippen LogP contribution in [0.3, 0.4) is 0 Å². The van der Waals surface area contributed by atoms with E-state index in [4.69, 9.17) is 15.2 Å². The summed E-state index contributed by atoms with van der Waals surface area (Å²) in [5.41, 5.74) is 7.29. The SMILES string of the molecule is COc1cnn(C)c1C(N)C1CN2CCCC2CO1. The van der Waals surface area contributed by atoms with Crippen molar-refractivity contribution in [2.75, 3.05) is 26.8 Å². The fourth-order valence-electron chi connectivity index (χ4n) is 3.20. The second kappa shape index (κ2) is 5.11. The smallest absolute Gasteiger partial charge is 0.161 e. The minimum atomic E-state index is -0.205. The van der Waals surface area contributed by atoms with Gasteiger partial charge in [0.2, 0.25) is 0 Å². The van der Waals surface area contributed by atoms with Crippen LogP contribution in [0.15, 0.2) is 6.20 Å². The third kappa shape index (κ3) is 2.24. The molecule has 0 aromatic carbocycles. The summed E-state index contributed by atoms with van der Waals surface area (Å²) >= 11 is 0. The van der Waals surface area contributed by atoms with Gasteiger partial charge in [-0.2, -0.15) is 5.10 Å². The van der Waals surface area contributed by atoms with E-state index in [2.05, 4.69) is 10.00 Å². The lowest BCUT2D eigenvalue weighted by atomic mass is 10.0. The van der Waals surface area contributed by atoms with Gasteiger partial charge in [0.15, 0.2) is 5.75 Å². The van der Waals surface area contributed by atoms with Crippen LogP contribution < -0.4 is 10.5 Å². The fraction of sp³-hybridized carbons (Fsp3) is 0.769. The van der Waals surface area contributed by atoms with Crippen LogP contribution in [-0.2, 0) is 11.8 Å². The lowest BCUT2D eigenvalue weighted by molar-refractivity contribution is -0.0608. The summed E-state index contributed by atoms with van der Waals surface area (Å²) in [7, 11) is 3.53. The maximum atomic E-state index is 6.38. The van der Waals surface area contributed by atoms with Gasteiger partial charge in [-0.15, -0.1) is 0 Å². The van der Waals surface area contributed by atoms with E-state index in [9.17, 15) is 0 Å². The van der Waals surface area contributed by atoms with Gasteiger partial charge < -0.3 is 15.2 Å². The molecule has 106 valence electrons. The van der Waals surface area contributed by atoms with Crippen LogP contribution in [0.1, 0.15) is 24.6 Å². The van der Waals surface area contributed by atoms with Gasteiger partial charge >= 0.3 is 0 Å². The molecule has 0 aliphatic carbocycles. The highest BCUT2D eigenvalue weighted by Gasteiger charge is 2.36. The second-order valence-electron chi connectivity index (χ2n) is 5.41. The molecule has 6 nitrogen and oxygen atoms in total. The standard InChI is InChI=1S/C13H22N4O2/c1-16-13(10(18-2)6-15-16)12(14)11-7-17-5-3-4-9(17)8-19-11/h6,9,11-12H,3-5,7-8,14H2,1-2H3. The number of methoxy groups -OCH3 is 1. The minimum absolute atomic E-state index is 0.0126. The van der Waals surface area contributed by atoms with Crippen molar-refractivity contribution in [2.24, 2.45) is 12.8 Å². The number of aryl methyl sites for hydroxylation is 1. The Morgan fingerprint density at radius 2 is 2.42 bits per heavy atom. The highest BCUT2D eigenvalue weighted by atomic mass is 16.5. The van der Waals surface area contributed by atoms with Crippen LogP contribution in [0.25, 0.3) is 0 Å². The third-order valence-electron chi connectivity index (χ3n) is 4.30. The Morgan fingerprint density at radius 1 is 1.58 bits per heavy atom. The topological polar surface area (TPSA) is 65.5 Å². The highest BCUT2D eigenvalue weighted by Crippen LogP contribution is 2.31. The zero-order valence-electron chi connectivity index (χ0n) is 11.6. The molecule has 3 unspecified atom stereocenters. The van der Waals surface area contributed by atoms with Crippen LogP contribution in [0.5, 0.6) is 5.75 Å². The highest BCUT2D eigenvalue weighted by molar-refractivity contribution is 5.29. The Hall–Kier alpha value is -1.11. The molecule has 0 spiro atoms. The molecule has 2 N–H and O–H groups in total. The van der Waals surface area contributed by atoms with Crippen LogP contribution in [0.4, 0.5) is 0 Å². The van der Waals surface area contributed by atoms with E-state index in [0.29, 0.717) is 6.04 Å². The Balaban J connectivity index is 1.76. The van der Waals surface area contributed by atoms with Gasteiger partial charge in [0, 0.05) is 19.6 Å². The average molecular weight is 266 g/mol. The zero-order chi connectivity index (χ0) is 13.4. The molecular weight excluding hydrogens is 244 g/mol. The van der Waals surface area contributed by atoms with Crippen LogP contribution >= 0.6 is 0 Å². The number of hydrogen-bond donors (Lipinski definition) is 1. The van der Waals surface area contributed by atoms with Gasteiger partial charge in [-0.3, -0.25) is 9.58 Å². The molecule has 3 atom stereocenters. The maximum Gasteiger partial charge on any atom is 0.161 e. The van der Waals surface area contributed by atoms with Crippen molar-refractivity contribution in [3.05, 3.63) is 11.9 Å². The molecule has 0 saturated carbocycles. The number of fused-ring (bicyclic) bond motifs is 1. The first-order valence-corrected chi connectivity index (χ1v) is 6.88. The number of aromatic nitrogens is 2. The maximum absolute atomic E-state index is 6.38. The quantitative estimate of drug-likeness (QED) is 0.852. The molecule has 2 saturated heterocycles. The Labute approximate surface area is 113 Å². The van der Waals surface area contributed by atoms with E-state index in [1.165, 1.54) is 19.4 Å². The first-order chi connectivity index (χ1) is 9.20. The number of nitrogens with zero attached hydrogens (tertiary/aromatic N) is 3. The summed E-state index contributed by atoms with van der Waals surface area (Å²) in [5, 5.41) is 4.21. The molecule has 19 heavy (non-hydrogen) atoms. The van der Waals surface area contributed by atoms with E-state index in [0.717, 1.165) is 24.6 Å². The summed E-state index contributed by atoms with van der Waals surface area (Å²) in [6.45, 7) is 2.86. The molecule has 2 fully saturated rings. The van der Waals surface area contributed by atoms with E-state index in [-0.39, 0.29) is 12.1 Å². The number of hydrogen-bond acceptors (Lipinski definition) is 5. The molecule has 0 amide bonds. The largest absolute Gasteiger partial charge is 0.493 e. The van der Waals surface area contributed by atoms with Crippen LogP contribution in [0.2, 0.25) is 0 Å². The monoisotopic (exact) mass is 266 g/mol. The molecule has 1 aromatic rings. The van der Waals surface area contributed by atoms with Gasteiger partial charge in [0.25, 0.3) is 0 Å². The third-order valence-corrected chi connectivity index (χ3v) is 4.30. The van der Waals surface area contributed by atoms with Crippen molar-refractivity contribution >= 4 is 0 Å². The van der Waals surface area contributed by atoms with E-state index < -0.39 is 0 Å². The number of ether oxygens (including phenoxy) is 2. The van der Waals surface area contributed by atoms with E-state index >= 15 is 0 Å². The van der Waals surface area contributed by atoms with Crippen molar-refractivity contribution < 1.29 is 9.47 Å². The van der Waals surface area contributed by atoms with Gasteiger partial charge in [0.05, 0.1) is 37.8 Å². The molecule has 3 rings (SSSR count). The number of morpholine rings is 1. The summed E-state index contributed by atoms with van der Waals surface area (Å²) in [4.78, 5) is 2.50. The Kier molecular flexibility index (Phi) is 3.47. The molecule has 2 aliphatic rings. The summed E-state index contributed by atoms with van der Waals surface area (Å²) in [6, 6.07) is 0.390. The molecule has 1 aromatic heterocycles. The van der Waals surface area contributed by atoms with Crippen molar-refractivity contribution in [3.63, 3.8) is 0 Å².